The fourth-order valence-electron chi connectivity index (χ4n) is 3.72. The van der Waals surface area contributed by atoms with Crippen molar-refractivity contribution in [3.8, 4) is 35.2 Å². The Morgan fingerprint density at radius 3 is 1.32 bits per heavy atom. The SMILES string of the molecule is C(#Cc1ccccc1C#CCOc1ccc2ccccc2c1)COc1ccc2ccccc2c1. The summed E-state index contributed by atoms with van der Waals surface area (Å²) in [4.78, 5) is 0. The number of rotatable bonds is 4. The first-order chi connectivity index (χ1) is 16.8. The molecule has 0 saturated carbocycles. The second-order valence-corrected chi connectivity index (χ2v) is 7.74. The Balaban J connectivity index is 1.20. The Hall–Kier alpha value is -4.66. The third-order valence-corrected chi connectivity index (χ3v) is 5.44. The highest BCUT2D eigenvalue weighted by molar-refractivity contribution is 5.84. The van der Waals surface area contributed by atoms with Crippen LogP contribution in [0.25, 0.3) is 21.5 Å². The molecule has 0 spiro atoms. The van der Waals surface area contributed by atoms with E-state index in [1.54, 1.807) is 0 Å². The molecule has 0 radical (unpaired) electrons. The molecule has 0 saturated heterocycles. The number of ether oxygens (including phenoxy) is 2. The van der Waals surface area contributed by atoms with Gasteiger partial charge in [-0.15, -0.1) is 0 Å². The smallest absolute Gasteiger partial charge is 0.149 e. The molecule has 0 N–H and O–H groups in total. The molecule has 162 valence electrons. The average molecular weight is 439 g/mol. The second-order valence-electron chi connectivity index (χ2n) is 7.74. The average Bonchev–Trinajstić information content (AvgIpc) is 2.89. The molecule has 0 aliphatic rings. The van der Waals surface area contributed by atoms with E-state index < -0.39 is 0 Å². The topological polar surface area (TPSA) is 18.5 Å². The van der Waals surface area contributed by atoms with Crippen LogP contribution >= 0.6 is 0 Å². The minimum Gasteiger partial charge on any atom is -0.481 e. The molecule has 5 aromatic carbocycles. The molecule has 0 amide bonds. The van der Waals surface area contributed by atoms with Crippen molar-refractivity contribution in [3.63, 3.8) is 0 Å². The van der Waals surface area contributed by atoms with E-state index in [1.165, 1.54) is 10.8 Å². The van der Waals surface area contributed by atoms with Crippen molar-refractivity contribution in [1.82, 2.24) is 0 Å². The highest BCUT2D eigenvalue weighted by Gasteiger charge is 1.98. The van der Waals surface area contributed by atoms with Gasteiger partial charge in [0.1, 0.15) is 24.7 Å². The van der Waals surface area contributed by atoms with Gasteiger partial charge in [0, 0.05) is 11.1 Å². The molecule has 0 aliphatic carbocycles. The summed E-state index contributed by atoms with van der Waals surface area (Å²) in [5, 5.41) is 4.69. The third kappa shape index (κ3) is 5.21. The van der Waals surface area contributed by atoms with Crippen LogP contribution in [0.1, 0.15) is 11.1 Å². The van der Waals surface area contributed by atoms with E-state index in [0.717, 1.165) is 33.4 Å². The van der Waals surface area contributed by atoms with Crippen molar-refractivity contribution < 1.29 is 9.47 Å². The largest absolute Gasteiger partial charge is 0.481 e. The maximum atomic E-state index is 5.82. The van der Waals surface area contributed by atoms with E-state index >= 15 is 0 Å². The molecule has 0 unspecified atom stereocenters. The fourth-order valence-corrected chi connectivity index (χ4v) is 3.72. The van der Waals surface area contributed by atoms with Gasteiger partial charge in [0.05, 0.1) is 0 Å². The van der Waals surface area contributed by atoms with Gasteiger partial charge in [-0.2, -0.15) is 0 Å². The monoisotopic (exact) mass is 438 g/mol. The van der Waals surface area contributed by atoms with Crippen LogP contribution in [0.5, 0.6) is 11.5 Å². The normalized spacial score (nSPS) is 10.1. The van der Waals surface area contributed by atoms with Gasteiger partial charge in [-0.1, -0.05) is 96.5 Å². The standard InChI is InChI=1S/C32H22O2/c1-2-10-26(16-8-22-34-32-20-18-28-12-4-6-14-30(28)24-32)25(9-1)15-7-21-33-31-19-17-27-11-3-5-13-29(27)23-31/h1-6,9-14,17-20,23-24H,21-22H2. The highest BCUT2D eigenvalue weighted by atomic mass is 16.5. The molecule has 2 nitrogen and oxygen atoms in total. The van der Waals surface area contributed by atoms with Crippen LogP contribution in [-0.2, 0) is 0 Å². The van der Waals surface area contributed by atoms with Gasteiger partial charge in [0.15, 0.2) is 0 Å². The highest BCUT2D eigenvalue weighted by Crippen LogP contribution is 2.21. The number of fused-ring (bicyclic) bond motifs is 2. The van der Waals surface area contributed by atoms with Gasteiger partial charge < -0.3 is 9.47 Å². The zero-order valence-electron chi connectivity index (χ0n) is 18.6. The summed E-state index contributed by atoms with van der Waals surface area (Å²) in [6, 6.07) is 36.4. The van der Waals surface area contributed by atoms with Gasteiger partial charge in [-0.3, -0.25) is 0 Å². The minimum atomic E-state index is 0.311. The summed E-state index contributed by atoms with van der Waals surface area (Å²) >= 11 is 0. The minimum absolute atomic E-state index is 0.311. The van der Waals surface area contributed by atoms with E-state index in [2.05, 4.69) is 60.1 Å². The van der Waals surface area contributed by atoms with Crippen LogP contribution in [0, 0.1) is 23.7 Å². The Bertz CT molecular complexity index is 1450. The lowest BCUT2D eigenvalue weighted by Crippen LogP contribution is -1.95. The van der Waals surface area contributed by atoms with Crippen LogP contribution in [0.15, 0.2) is 109 Å². The van der Waals surface area contributed by atoms with Crippen LogP contribution < -0.4 is 9.47 Å². The summed E-state index contributed by atoms with van der Waals surface area (Å²) in [6.07, 6.45) is 0. The first-order valence-corrected chi connectivity index (χ1v) is 11.2. The molecular weight excluding hydrogens is 416 g/mol. The summed E-state index contributed by atoms with van der Waals surface area (Å²) < 4.78 is 11.6. The van der Waals surface area contributed by atoms with Crippen LogP contribution in [0.2, 0.25) is 0 Å². The molecule has 5 aromatic rings. The molecule has 5 rings (SSSR count). The van der Waals surface area contributed by atoms with E-state index in [9.17, 15) is 0 Å². The lowest BCUT2D eigenvalue weighted by molar-refractivity contribution is 0.370. The van der Waals surface area contributed by atoms with E-state index in [1.807, 2.05) is 72.8 Å². The predicted octanol–water partition coefficient (Wildman–Crippen LogP) is 6.85. The van der Waals surface area contributed by atoms with Gasteiger partial charge in [0.25, 0.3) is 0 Å². The zero-order valence-corrected chi connectivity index (χ0v) is 18.6. The Morgan fingerprint density at radius 1 is 0.441 bits per heavy atom. The van der Waals surface area contributed by atoms with Gasteiger partial charge in [-0.05, 0) is 57.9 Å². The molecule has 0 bridgehead atoms. The fraction of sp³-hybridized carbons (Fsp3) is 0.0625. The van der Waals surface area contributed by atoms with E-state index in [-0.39, 0.29) is 0 Å². The molecule has 2 heteroatoms. The summed E-state index contributed by atoms with van der Waals surface area (Å²) in [5.74, 6) is 14.2. The second kappa shape index (κ2) is 10.3. The van der Waals surface area contributed by atoms with Crippen molar-refractivity contribution in [1.29, 1.82) is 0 Å². The van der Waals surface area contributed by atoms with E-state index in [0.29, 0.717) is 13.2 Å². The van der Waals surface area contributed by atoms with Crippen molar-refractivity contribution in [2.75, 3.05) is 13.2 Å². The van der Waals surface area contributed by atoms with E-state index in [4.69, 9.17) is 9.47 Å². The number of hydrogen-bond acceptors (Lipinski definition) is 2. The lowest BCUT2D eigenvalue weighted by atomic mass is 10.1. The molecular formula is C32H22O2. The summed E-state index contributed by atoms with van der Waals surface area (Å²) in [6.45, 7) is 0.621. The molecule has 0 fully saturated rings. The molecule has 0 aromatic heterocycles. The summed E-state index contributed by atoms with van der Waals surface area (Å²) in [7, 11) is 0. The molecule has 34 heavy (non-hydrogen) atoms. The third-order valence-electron chi connectivity index (χ3n) is 5.44. The van der Waals surface area contributed by atoms with Gasteiger partial charge in [0.2, 0.25) is 0 Å². The number of benzene rings is 5. The Labute approximate surface area is 199 Å². The van der Waals surface area contributed by atoms with Crippen molar-refractivity contribution in [2.24, 2.45) is 0 Å². The van der Waals surface area contributed by atoms with Crippen molar-refractivity contribution in [2.45, 2.75) is 0 Å². The first kappa shape index (κ1) is 21.2. The van der Waals surface area contributed by atoms with Crippen LogP contribution in [0.4, 0.5) is 0 Å². The molecule has 0 heterocycles. The predicted molar refractivity (Wildman–Crippen MR) is 139 cm³/mol. The molecule has 0 atom stereocenters. The molecule has 0 aliphatic heterocycles. The van der Waals surface area contributed by atoms with Crippen molar-refractivity contribution >= 4 is 21.5 Å². The lowest BCUT2D eigenvalue weighted by Gasteiger charge is -2.04. The summed E-state index contributed by atoms with van der Waals surface area (Å²) in [5.41, 5.74) is 1.76. The quantitative estimate of drug-likeness (QED) is 0.286. The number of hydrogen-bond donors (Lipinski definition) is 0. The maximum absolute atomic E-state index is 5.82. The van der Waals surface area contributed by atoms with Gasteiger partial charge in [-0.25, -0.2) is 0 Å². The van der Waals surface area contributed by atoms with Crippen LogP contribution in [-0.4, -0.2) is 13.2 Å². The van der Waals surface area contributed by atoms with Gasteiger partial charge >= 0.3 is 0 Å². The maximum Gasteiger partial charge on any atom is 0.149 e. The Morgan fingerprint density at radius 2 is 0.853 bits per heavy atom. The first-order valence-electron chi connectivity index (χ1n) is 11.2. The van der Waals surface area contributed by atoms with Crippen molar-refractivity contribution in [3.05, 3.63) is 120 Å². The van der Waals surface area contributed by atoms with Crippen LogP contribution in [0.3, 0.4) is 0 Å². The Kier molecular flexibility index (Phi) is 6.43. The zero-order chi connectivity index (χ0) is 23.0.